The van der Waals surface area contributed by atoms with Crippen LogP contribution >= 0.6 is 0 Å². The number of ether oxygens (including phenoxy) is 1. The van der Waals surface area contributed by atoms with Crippen molar-refractivity contribution in [2.24, 2.45) is 11.7 Å². The van der Waals surface area contributed by atoms with E-state index < -0.39 is 0 Å². The third kappa shape index (κ3) is 3.86. The van der Waals surface area contributed by atoms with Gasteiger partial charge in [0.2, 0.25) is 0 Å². The Kier molecular flexibility index (Phi) is 5.21. The number of nitrogens with zero attached hydrogens (tertiary/aromatic N) is 1. The van der Waals surface area contributed by atoms with Gasteiger partial charge in [0.15, 0.2) is 6.61 Å². The molecule has 1 unspecified atom stereocenters. The average Bonchev–Trinajstić information content (AvgIpc) is 3.40. The highest BCUT2D eigenvalue weighted by molar-refractivity contribution is 5.97. The Hall–Kier alpha value is -1.55. The molecule has 1 saturated carbocycles. The number of carbonyl (C=O) groups excluding carboxylic acids is 1. The highest BCUT2D eigenvalue weighted by Crippen LogP contribution is 2.42. The molecule has 4 heteroatoms. The highest BCUT2D eigenvalue weighted by atomic mass is 16.5. The van der Waals surface area contributed by atoms with Gasteiger partial charge in [0.25, 0.3) is 5.91 Å². The minimum atomic E-state index is 0.0603. The van der Waals surface area contributed by atoms with Crippen molar-refractivity contribution in [2.75, 3.05) is 18.1 Å². The lowest BCUT2D eigenvalue weighted by molar-refractivity contribution is -0.121. The molecule has 0 saturated heterocycles. The Morgan fingerprint density at radius 2 is 2.04 bits per heavy atom. The molecule has 1 fully saturated rings. The van der Waals surface area contributed by atoms with E-state index in [2.05, 4.69) is 19.1 Å². The van der Waals surface area contributed by atoms with E-state index >= 15 is 0 Å². The molecule has 0 radical (unpaired) electrons. The lowest BCUT2D eigenvalue weighted by Crippen LogP contribution is -2.39. The molecule has 1 aliphatic carbocycles. The van der Waals surface area contributed by atoms with Crippen molar-refractivity contribution in [2.45, 2.75) is 57.9 Å². The quantitative estimate of drug-likeness (QED) is 0.742. The number of hydrogen-bond donors (Lipinski definition) is 1. The van der Waals surface area contributed by atoms with Gasteiger partial charge in [-0.15, -0.1) is 0 Å². The molecule has 1 aliphatic heterocycles. The lowest BCUT2D eigenvalue weighted by atomic mass is 10.0. The maximum Gasteiger partial charge on any atom is 0.265 e. The largest absolute Gasteiger partial charge is 0.482 e. The van der Waals surface area contributed by atoms with Crippen molar-refractivity contribution in [3.05, 3.63) is 23.8 Å². The van der Waals surface area contributed by atoms with Gasteiger partial charge < -0.3 is 15.4 Å². The second-order valence-electron chi connectivity index (χ2n) is 6.84. The first-order chi connectivity index (χ1) is 11.2. The molecule has 126 valence electrons. The fourth-order valence-corrected chi connectivity index (χ4v) is 3.27. The summed E-state index contributed by atoms with van der Waals surface area (Å²) < 4.78 is 5.59. The van der Waals surface area contributed by atoms with Crippen LogP contribution in [-0.4, -0.2) is 19.1 Å². The second kappa shape index (κ2) is 7.35. The van der Waals surface area contributed by atoms with Crippen LogP contribution in [0.4, 0.5) is 5.69 Å². The number of unbranched alkanes of at least 4 members (excludes halogenated alkanes) is 4. The third-order valence-corrected chi connectivity index (χ3v) is 4.93. The lowest BCUT2D eigenvalue weighted by Gasteiger charge is -2.30. The Balaban J connectivity index is 1.70. The van der Waals surface area contributed by atoms with Crippen LogP contribution < -0.4 is 15.4 Å². The summed E-state index contributed by atoms with van der Waals surface area (Å²) in [6.45, 7) is 3.14. The van der Waals surface area contributed by atoms with Crippen LogP contribution in [0.1, 0.15) is 63.5 Å². The van der Waals surface area contributed by atoms with E-state index in [-0.39, 0.29) is 18.6 Å². The standard InChI is InChI=1S/C19H28N2O2/c1-2-3-4-5-6-11-21-16-12-15(19(20)14-7-8-14)9-10-17(16)23-13-18(21)22/h9-10,12,14,19H,2-8,11,13,20H2,1H3. The minimum absolute atomic E-state index is 0.0603. The first-order valence-corrected chi connectivity index (χ1v) is 9.03. The van der Waals surface area contributed by atoms with Crippen LogP contribution in [0.3, 0.4) is 0 Å². The van der Waals surface area contributed by atoms with Crippen LogP contribution in [0.5, 0.6) is 5.75 Å². The Morgan fingerprint density at radius 3 is 2.78 bits per heavy atom. The number of carbonyl (C=O) groups is 1. The summed E-state index contributed by atoms with van der Waals surface area (Å²) >= 11 is 0. The van der Waals surface area contributed by atoms with Gasteiger partial charge in [-0.1, -0.05) is 38.7 Å². The van der Waals surface area contributed by atoms with Gasteiger partial charge in [-0.2, -0.15) is 0 Å². The van der Waals surface area contributed by atoms with Crippen molar-refractivity contribution in [1.82, 2.24) is 0 Å². The first-order valence-electron chi connectivity index (χ1n) is 9.03. The van der Waals surface area contributed by atoms with Gasteiger partial charge in [0.05, 0.1) is 5.69 Å². The molecule has 2 N–H and O–H groups in total. The van der Waals surface area contributed by atoms with Crippen LogP contribution in [0.15, 0.2) is 18.2 Å². The smallest absolute Gasteiger partial charge is 0.265 e. The molecule has 0 bridgehead atoms. The summed E-state index contributed by atoms with van der Waals surface area (Å²) in [6, 6.07) is 6.19. The molecular weight excluding hydrogens is 288 g/mol. The fourth-order valence-electron chi connectivity index (χ4n) is 3.27. The highest BCUT2D eigenvalue weighted by Gasteiger charge is 2.31. The maximum absolute atomic E-state index is 12.3. The monoisotopic (exact) mass is 316 g/mol. The van der Waals surface area contributed by atoms with Crippen LogP contribution in [-0.2, 0) is 4.79 Å². The van der Waals surface area contributed by atoms with Crippen LogP contribution in [0.2, 0.25) is 0 Å². The molecule has 2 aliphatic rings. The van der Waals surface area contributed by atoms with Crippen molar-refractivity contribution >= 4 is 11.6 Å². The van der Waals surface area contributed by atoms with Crippen LogP contribution in [0.25, 0.3) is 0 Å². The van der Waals surface area contributed by atoms with Crippen LogP contribution in [0, 0.1) is 5.92 Å². The third-order valence-electron chi connectivity index (χ3n) is 4.93. The first kappa shape index (κ1) is 16.3. The number of rotatable bonds is 8. The summed E-state index contributed by atoms with van der Waals surface area (Å²) in [5, 5.41) is 0. The Morgan fingerprint density at radius 1 is 1.26 bits per heavy atom. The molecule has 4 nitrogen and oxygen atoms in total. The normalized spacial score (nSPS) is 18.5. The number of benzene rings is 1. The van der Waals surface area contributed by atoms with Gasteiger partial charge in [0.1, 0.15) is 5.75 Å². The summed E-state index contributed by atoms with van der Waals surface area (Å²) in [4.78, 5) is 14.2. The van der Waals surface area contributed by atoms with Crippen molar-refractivity contribution in [3.63, 3.8) is 0 Å². The van der Waals surface area contributed by atoms with E-state index in [9.17, 15) is 4.79 Å². The van der Waals surface area contributed by atoms with Gasteiger partial charge in [-0.05, 0) is 42.9 Å². The molecular formula is C19H28N2O2. The average molecular weight is 316 g/mol. The Labute approximate surface area is 139 Å². The van der Waals surface area contributed by atoms with E-state index in [0.29, 0.717) is 5.92 Å². The number of nitrogens with two attached hydrogens (primary N) is 1. The number of anilines is 1. The van der Waals surface area contributed by atoms with Crippen molar-refractivity contribution in [1.29, 1.82) is 0 Å². The second-order valence-corrected chi connectivity index (χ2v) is 6.84. The topological polar surface area (TPSA) is 55.6 Å². The Bertz CT molecular complexity index is 554. The molecule has 1 atom stereocenters. The summed E-state index contributed by atoms with van der Waals surface area (Å²) in [7, 11) is 0. The zero-order chi connectivity index (χ0) is 16.2. The van der Waals surface area contributed by atoms with Gasteiger partial charge >= 0.3 is 0 Å². The molecule has 3 rings (SSSR count). The fraction of sp³-hybridized carbons (Fsp3) is 0.632. The van der Waals surface area contributed by atoms with Gasteiger partial charge in [-0.25, -0.2) is 0 Å². The van der Waals surface area contributed by atoms with Crippen molar-refractivity contribution < 1.29 is 9.53 Å². The van der Waals surface area contributed by atoms with E-state index in [1.54, 1.807) is 0 Å². The number of fused-ring (bicyclic) bond motifs is 1. The zero-order valence-corrected chi connectivity index (χ0v) is 14.1. The zero-order valence-electron chi connectivity index (χ0n) is 14.1. The molecule has 1 aromatic rings. The van der Waals surface area contributed by atoms with Gasteiger partial charge in [-0.3, -0.25) is 4.79 Å². The summed E-state index contributed by atoms with van der Waals surface area (Å²) in [5.74, 6) is 1.48. The summed E-state index contributed by atoms with van der Waals surface area (Å²) in [5.41, 5.74) is 8.36. The SMILES string of the molecule is CCCCCCCN1C(=O)COc2ccc(C(N)C3CC3)cc21. The minimum Gasteiger partial charge on any atom is -0.482 e. The van der Waals surface area contributed by atoms with E-state index in [0.717, 1.165) is 30.0 Å². The molecule has 0 spiro atoms. The number of amides is 1. The number of hydrogen-bond acceptors (Lipinski definition) is 3. The van der Waals surface area contributed by atoms with E-state index in [1.165, 1.54) is 38.5 Å². The molecule has 1 aromatic carbocycles. The molecule has 0 aromatic heterocycles. The molecule has 1 amide bonds. The predicted octanol–water partition coefficient (Wildman–Crippen LogP) is 3.79. The maximum atomic E-state index is 12.3. The predicted molar refractivity (Wildman–Crippen MR) is 92.7 cm³/mol. The van der Waals surface area contributed by atoms with Gasteiger partial charge in [0, 0.05) is 12.6 Å². The molecule has 23 heavy (non-hydrogen) atoms. The summed E-state index contributed by atoms with van der Waals surface area (Å²) in [6.07, 6.45) is 8.41. The van der Waals surface area contributed by atoms with Crippen molar-refractivity contribution in [3.8, 4) is 5.75 Å². The van der Waals surface area contributed by atoms with E-state index in [4.69, 9.17) is 10.5 Å². The van der Waals surface area contributed by atoms with E-state index in [1.807, 2.05) is 11.0 Å². The molecule has 1 heterocycles.